The molecule has 94 valence electrons. The minimum Gasteiger partial charge on any atom is -0.454 e. The summed E-state index contributed by atoms with van der Waals surface area (Å²) in [6.07, 6.45) is 0. The van der Waals surface area contributed by atoms with E-state index in [4.69, 9.17) is 9.47 Å². The Labute approximate surface area is 101 Å². The molecule has 1 heterocycles. The van der Waals surface area contributed by atoms with Crippen LogP contribution < -0.4 is 9.47 Å². The van der Waals surface area contributed by atoms with Crippen molar-refractivity contribution >= 4 is 10.0 Å². The third-order valence-electron chi connectivity index (χ3n) is 2.68. The molecule has 0 atom stereocenters. The first-order valence-electron chi connectivity index (χ1n) is 5.35. The van der Waals surface area contributed by atoms with Gasteiger partial charge in [0.2, 0.25) is 16.8 Å². The van der Waals surface area contributed by atoms with E-state index in [0.717, 1.165) is 5.56 Å². The van der Waals surface area contributed by atoms with E-state index in [0.29, 0.717) is 18.0 Å². The summed E-state index contributed by atoms with van der Waals surface area (Å²) in [5, 5.41) is 0. The summed E-state index contributed by atoms with van der Waals surface area (Å²) in [6, 6.07) is 5.45. The van der Waals surface area contributed by atoms with Gasteiger partial charge in [-0.2, -0.15) is 0 Å². The van der Waals surface area contributed by atoms with E-state index in [1.54, 1.807) is 20.0 Å². The topological polar surface area (TPSA) is 55.8 Å². The molecule has 1 aromatic rings. The smallest absolute Gasteiger partial charge is 0.231 e. The molecule has 1 aromatic carbocycles. The second kappa shape index (κ2) is 4.54. The van der Waals surface area contributed by atoms with Crippen LogP contribution in [0.4, 0.5) is 0 Å². The number of hydrogen-bond acceptors (Lipinski definition) is 4. The van der Waals surface area contributed by atoms with Crippen LogP contribution in [0.25, 0.3) is 0 Å². The summed E-state index contributed by atoms with van der Waals surface area (Å²) in [5.74, 6) is 1.48. The number of nitrogens with zero attached hydrogens (tertiary/aromatic N) is 1. The molecule has 0 bridgehead atoms. The van der Waals surface area contributed by atoms with Crippen LogP contribution in [-0.2, 0) is 16.6 Å². The van der Waals surface area contributed by atoms with Gasteiger partial charge in [-0.15, -0.1) is 0 Å². The normalized spacial score (nSPS) is 14.3. The van der Waals surface area contributed by atoms with Crippen molar-refractivity contribution in [3.63, 3.8) is 0 Å². The zero-order chi connectivity index (χ0) is 12.5. The Hall–Kier alpha value is -1.27. The number of sulfonamides is 1. The summed E-state index contributed by atoms with van der Waals surface area (Å²) < 4.78 is 35.0. The third-order valence-corrected chi connectivity index (χ3v) is 4.49. The fourth-order valence-corrected chi connectivity index (χ4v) is 2.40. The summed E-state index contributed by atoms with van der Waals surface area (Å²) in [7, 11) is -1.58. The van der Waals surface area contributed by atoms with Crippen LogP contribution in [0.15, 0.2) is 18.2 Å². The average molecular weight is 257 g/mol. The van der Waals surface area contributed by atoms with Crippen LogP contribution in [0.2, 0.25) is 0 Å². The first kappa shape index (κ1) is 12.2. The Bertz CT molecular complexity index is 512. The Morgan fingerprint density at radius 2 is 2.00 bits per heavy atom. The van der Waals surface area contributed by atoms with Crippen molar-refractivity contribution in [1.82, 2.24) is 4.31 Å². The summed E-state index contributed by atoms with van der Waals surface area (Å²) >= 11 is 0. The van der Waals surface area contributed by atoms with Gasteiger partial charge < -0.3 is 9.47 Å². The van der Waals surface area contributed by atoms with Gasteiger partial charge in [0.15, 0.2) is 11.5 Å². The van der Waals surface area contributed by atoms with Gasteiger partial charge in [-0.3, -0.25) is 0 Å². The van der Waals surface area contributed by atoms with Crippen LogP contribution in [-0.4, -0.2) is 32.3 Å². The number of ether oxygens (including phenoxy) is 2. The Balaban J connectivity index is 2.15. The molecule has 0 aromatic heterocycles. The number of fused-ring (bicyclic) bond motifs is 1. The molecule has 5 nitrogen and oxygen atoms in total. The Morgan fingerprint density at radius 3 is 2.71 bits per heavy atom. The van der Waals surface area contributed by atoms with E-state index in [9.17, 15) is 8.42 Å². The maximum atomic E-state index is 11.6. The highest BCUT2D eigenvalue weighted by Crippen LogP contribution is 2.32. The highest BCUT2D eigenvalue weighted by atomic mass is 32.2. The standard InChI is InChI=1S/C11H15NO4S/c1-3-17(13,14)12(2)7-9-4-5-10-11(6-9)16-8-15-10/h4-6H,3,7-8H2,1-2H3. The van der Waals surface area contributed by atoms with Gasteiger partial charge in [0.05, 0.1) is 5.75 Å². The van der Waals surface area contributed by atoms with Gasteiger partial charge in [-0.1, -0.05) is 6.07 Å². The lowest BCUT2D eigenvalue weighted by atomic mass is 10.2. The van der Waals surface area contributed by atoms with E-state index in [1.807, 2.05) is 12.1 Å². The van der Waals surface area contributed by atoms with E-state index < -0.39 is 10.0 Å². The molecule has 0 unspecified atom stereocenters. The molecule has 0 N–H and O–H groups in total. The van der Waals surface area contributed by atoms with Crippen molar-refractivity contribution in [2.75, 3.05) is 19.6 Å². The second-order valence-corrected chi connectivity index (χ2v) is 6.21. The first-order valence-corrected chi connectivity index (χ1v) is 6.96. The SMILES string of the molecule is CCS(=O)(=O)N(C)Cc1ccc2c(c1)OCO2. The second-order valence-electron chi connectivity index (χ2n) is 3.84. The Morgan fingerprint density at radius 1 is 1.29 bits per heavy atom. The minimum absolute atomic E-state index is 0.105. The third kappa shape index (κ3) is 2.53. The zero-order valence-corrected chi connectivity index (χ0v) is 10.7. The van der Waals surface area contributed by atoms with Gasteiger partial charge >= 0.3 is 0 Å². The quantitative estimate of drug-likeness (QED) is 0.813. The molecule has 0 fully saturated rings. The lowest BCUT2D eigenvalue weighted by molar-refractivity contribution is 0.174. The largest absolute Gasteiger partial charge is 0.454 e. The van der Waals surface area contributed by atoms with Crippen LogP contribution in [0, 0.1) is 0 Å². The molecule has 0 spiro atoms. The van der Waals surface area contributed by atoms with Crippen LogP contribution in [0.5, 0.6) is 11.5 Å². The fourth-order valence-electron chi connectivity index (χ4n) is 1.62. The maximum Gasteiger partial charge on any atom is 0.231 e. The van der Waals surface area contributed by atoms with Crippen molar-refractivity contribution in [3.8, 4) is 11.5 Å². The Kier molecular flexibility index (Phi) is 3.26. The molecule has 1 aliphatic rings. The van der Waals surface area contributed by atoms with Crippen LogP contribution >= 0.6 is 0 Å². The van der Waals surface area contributed by atoms with E-state index in [1.165, 1.54) is 4.31 Å². The van der Waals surface area contributed by atoms with Crippen molar-refractivity contribution in [2.45, 2.75) is 13.5 Å². The number of benzene rings is 1. The van der Waals surface area contributed by atoms with Gasteiger partial charge in [0.25, 0.3) is 0 Å². The monoisotopic (exact) mass is 257 g/mol. The van der Waals surface area contributed by atoms with Gasteiger partial charge in [0, 0.05) is 13.6 Å². The number of rotatable bonds is 4. The molecule has 2 rings (SSSR count). The number of hydrogen-bond donors (Lipinski definition) is 0. The van der Waals surface area contributed by atoms with E-state index in [2.05, 4.69) is 0 Å². The van der Waals surface area contributed by atoms with Crippen molar-refractivity contribution in [1.29, 1.82) is 0 Å². The summed E-state index contributed by atoms with van der Waals surface area (Å²) in [5.41, 5.74) is 0.883. The molecule has 6 heteroatoms. The molecule has 1 aliphatic heterocycles. The molecular formula is C11H15NO4S. The summed E-state index contributed by atoms with van der Waals surface area (Å²) in [4.78, 5) is 0. The maximum absolute atomic E-state index is 11.6. The molecular weight excluding hydrogens is 242 g/mol. The highest BCUT2D eigenvalue weighted by Gasteiger charge is 2.18. The highest BCUT2D eigenvalue weighted by molar-refractivity contribution is 7.89. The van der Waals surface area contributed by atoms with Gasteiger partial charge in [-0.25, -0.2) is 12.7 Å². The molecule has 17 heavy (non-hydrogen) atoms. The summed E-state index contributed by atoms with van der Waals surface area (Å²) in [6.45, 7) is 2.19. The first-order chi connectivity index (χ1) is 8.03. The molecule has 0 aliphatic carbocycles. The average Bonchev–Trinajstić information content (AvgIpc) is 2.76. The zero-order valence-electron chi connectivity index (χ0n) is 9.84. The van der Waals surface area contributed by atoms with Crippen molar-refractivity contribution in [2.24, 2.45) is 0 Å². The predicted molar refractivity (Wildman–Crippen MR) is 63.5 cm³/mol. The van der Waals surface area contributed by atoms with Crippen molar-refractivity contribution in [3.05, 3.63) is 23.8 Å². The van der Waals surface area contributed by atoms with Gasteiger partial charge in [0.1, 0.15) is 0 Å². The molecule has 0 saturated heterocycles. The molecule has 0 amide bonds. The molecule has 0 saturated carbocycles. The lowest BCUT2D eigenvalue weighted by Crippen LogP contribution is -2.27. The van der Waals surface area contributed by atoms with Gasteiger partial charge in [-0.05, 0) is 24.6 Å². The van der Waals surface area contributed by atoms with Crippen LogP contribution in [0.1, 0.15) is 12.5 Å². The predicted octanol–water partition coefficient (Wildman–Crippen LogP) is 1.20. The van der Waals surface area contributed by atoms with Crippen LogP contribution in [0.3, 0.4) is 0 Å². The van der Waals surface area contributed by atoms with E-state index in [-0.39, 0.29) is 12.5 Å². The minimum atomic E-state index is -3.15. The lowest BCUT2D eigenvalue weighted by Gasteiger charge is -2.16. The molecule has 0 radical (unpaired) electrons. The van der Waals surface area contributed by atoms with E-state index >= 15 is 0 Å². The van der Waals surface area contributed by atoms with Crippen molar-refractivity contribution < 1.29 is 17.9 Å². The fraction of sp³-hybridized carbons (Fsp3) is 0.455.